The molecular weight excluding hydrogens is 252 g/mol. The Kier molecular flexibility index (Phi) is 6.85. The number of aromatic nitrogens is 1. The smallest absolute Gasteiger partial charge is 0.186 e. The molecule has 102 valence electrons. The summed E-state index contributed by atoms with van der Waals surface area (Å²) >= 11 is 1.43. The van der Waals surface area contributed by atoms with Gasteiger partial charge >= 0.3 is 0 Å². The Bertz CT molecular complexity index is 368. The normalized spacial score (nSPS) is 10.6. The van der Waals surface area contributed by atoms with Crippen LogP contribution < -0.4 is 4.90 Å². The van der Waals surface area contributed by atoms with Gasteiger partial charge in [0.25, 0.3) is 0 Å². The fourth-order valence-electron chi connectivity index (χ4n) is 1.54. The summed E-state index contributed by atoms with van der Waals surface area (Å²) in [6.45, 7) is 4.83. The fourth-order valence-corrected chi connectivity index (χ4v) is 2.47. The average Bonchev–Trinajstić information content (AvgIpc) is 2.75. The summed E-state index contributed by atoms with van der Waals surface area (Å²) < 4.78 is 10.1. The Hall–Kier alpha value is -0.980. The van der Waals surface area contributed by atoms with Crippen LogP contribution in [-0.4, -0.2) is 51.8 Å². The molecule has 0 amide bonds. The van der Waals surface area contributed by atoms with Gasteiger partial charge in [-0.3, -0.25) is 4.79 Å². The van der Waals surface area contributed by atoms with Gasteiger partial charge in [-0.1, -0.05) is 11.3 Å². The van der Waals surface area contributed by atoms with Crippen molar-refractivity contribution < 1.29 is 14.3 Å². The maximum absolute atomic E-state index is 10.8. The summed E-state index contributed by atoms with van der Waals surface area (Å²) in [7, 11) is 3.37. The summed E-state index contributed by atoms with van der Waals surface area (Å²) in [5, 5.41) is 0.878. The number of ether oxygens (including phenoxy) is 2. The zero-order valence-electron chi connectivity index (χ0n) is 11.1. The lowest BCUT2D eigenvalue weighted by molar-refractivity contribution is 0.112. The highest BCUT2D eigenvalue weighted by atomic mass is 32.1. The molecule has 6 heteroatoms. The van der Waals surface area contributed by atoms with E-state index in [4.69, 9.17) is 9.47 Å². The van der Waals surface area contributed by atoms with Crippen LogP contribution in [0.2, 0.25) is 0 Å². The molecule has 5 nitrogen and oxygen atoms in total. The SMILES string of the molecule is COCCCN(CCOC)c1nc(C)c(C=O)s1. The Balaban J connectivity index is 2.69. The molecule has 1 aromatic rings. The molecule has 0 unspecified atom stereocenters. The zero-order valence-corrected chi connectivity index (χ0v) is 12.0. The quantitative estimate of drug-likeness (QED) is 0.506. The van der Waals surface area contributed by atoms with E-state index < -0.39 is 0 Å². The van der Waals surface area contributed by atoms with E-state index in [1.807, 2.05) is 6.92 Å². The van der Waals surface area contributed by atoms with Gasteiger partial charge in [0.1, 0.15) is 0 Å². The van der Waals surface area contributed by atoms with Crippen LogP contribution in [0.5, 0.6) is 0 Å². The van der Waals surface area contributed by atoms with Crippen LogP contribution in [0.15, 0.2) is 0 Å². The largest absolute Gasteiger partial charge is 0.385 e. The predicted molar refractivity (Wildman–Crippen MR) is 72.8 cm³/mol. The average molecular weight is 272 g/mol. The standard InChI is InChI=1S/C12H20N2O3S/c1-10-11(9-15)18-12(13-10)14(6-8-17-3)5-4-7-16-2/h9H,4-8H2,1-3H3. The van der Waals surface area contributed by atoms with Crippen LogP contribution in [0.4, 0.5) is 5.13 Å². The lowest BCUT2D eigenvalue weighted by atomic mass is 10.4. The number of hydrogen-bond donors (Lipinski definition) is 0. The van der Waals surface area contributed by atoms with Gasteiger partial charge in [0, 0.05) is 33.9 Å². The highest BCUT2D eigenvalue weighted by Gasteiger charge is 2.13. The first-order valence-corrected chi connectivity index (χ1v) is 6.70. The maximum Gasteiger partial charge on any atom is 0.186 e. The summed E-state index contributed by atoms with van der Waals surface area (Å²) in [6.07, 6.45) is 1.79. The van der Waals surface area contributed by atoms with Crippen molar-refractivity contribution in [2.75, 3.05) is 45.4 Å². The van der Waals surface area contributed by atoms with Crippen molar-refractivity contribution in [3.63, 3.8) is 0 Å². The van der Waals surface area contributed by atoms with E-state index in [1.165, 1.54) is 11.3 Å². The molecule has 0 spiro atoms. The molecule has 18 heavy (non-hydrogen) atoms. The molecule has 0 radical (unpaired) electrons. The molecule has 0 aliphatic heterocycles. The van der Waals surface area contributed by atoms with Crippen molar-refractivity contribution in [1.82, 2.24) is 4.98 Å². The molecule has 0 saturated carbocycles. The number of nitrogens with zero attached hydrogens (tertiary/aromatic N) is 2. The summed E-state index contributed by atoms with van der Waals surface area (Å²) in [5.74, 6) is 0. The van der Waals surface area contributed by atoms with E-state index in [2.05, 4.69) is 9.88 Å². The van der Waals surface area contributed by atoms with Crippen LogP contribution in [0.25, 0.3) is 0 Å². The second-order valence-corrected chi connectivity index (χ2v) is 4.90. The molecule has 0 fully saturated rings. The van der Waals surface area contributed by atoms with Crippen LogP contribution in [0.1, 0.15) is 21.8 Å². The predicted octanol–water partition coefficient (Wildman–Crippen LogP) is 1.75. The number of rotatable bonds is 9. The highest BCUT2D eigenvalue weighted by Crippen LogP contribution is 2.24. The van der Waals surface area contributed by atoms with Crippen molar-refractivity contribution in [1.29, 1.82) is 0 Å². The number of carbonyl (C=O) groups excluding carboxylic acids is 1. The molecule has 1 heterocycles. The molecule has 0 N–H and O–H groups in total. The third-order valence-corrected chi connectivity index (χ3v) is 3.68. The number of hydrogen-bond acceptors (Lipinski definition) is 6. The van der Waals surface area contributed by atoms with Gasteiger partial charge < -0.3 is 14.4 Å². The van der Waals surface area contributed by atoms with Crippen molar-refractivity contribution in [3.05, 3.63) is 10.6 Å². The number of methoxy groups -OCH3 is 2. The van der Waals surface area contributed by atoms with Crippen molar-refractivity contribution >= 4 is 22.8 Å². The van der Waals surface area contributed by atoms with Gasteiger partial charge in [-0.25, -0.2) is 4.98 Å². The van der Waals surface area contributed by atoms with E-state index in [1.54, 1.807) is 14.2 Å². The molecule has 1 rings (SSSR count). The molecule has 0 bridgehead atoms. The van der Waals surface area contributed by atoms with Crippen LogP contribution in [0.3, 0.4) is 0 Å². The number of thiazole rings is 1. The first-order valence-electron chi connectivity index (χ1n) is 5.88. The second kappa shape index (κ2) is 8.18. The molecule has 0 saturated heterocycles. The lowest BCUT2D eigenvalue weighted by Crippen LogP contribution is -2.28. The first-order chi connectivity index (χ1) is 8.72. The van der Waals surface area contributed by atoms with Gasteiger partial charge in [-0.05, 0) is 13.3 Å². The van der Waals surface area contributed by atoms with Gasteiger partial charge in [-0.2, -0.15) is 0 Å². The second-order valence-electron chi connectivity index (χ2n) is 3.89. The molecule has 0 atom stereocenters. The topological polar surface area (TPSA) is 51.7 Å². The molecular formula is C12H20N2O3S. The van der Waals surface area contributed by atoms with Gasteiger partial charge in [0.05, 0.1) is 17.2 Å². The van der Waals surface area contributed by atoms with E-state index in [0.717, 1.165) is 36.6 Å². The first kappa shape index (κ1) is 15.1. The summed E-state index contributed by atoms with van der Waals surface area (Å²) in [4.78, 5) is 18.1. The highest BCUT2D eigenvalue weighted by molar-refractivity contribution is 7.17. The number of anilines is 1. The van der Waals surface area contributed by atoms with Gasteiger partial charge in [0.15, 0.2) is 11.4 Å². The van der Waals surface area contributed by atoms with Crippen LogP contribution in [-0.2, 0) is 9.47 Å². The number of carbonyl (C=O) groups is 1. The monoisotopic (exact) mass is 272 g/mol. The number of aldehydes is 1. The Morgan fingerprint density at radius 2 is 2.00 bits per heavy atom. The Morgan fingerprint density at radius 1 is 1.28 bits per heavy atom. The van der Waals surface area contributed by atoms with E-state index >= 15 is 0 Å². The molecule has 0 aromatic carbocycles. The van der Waals surface area contributed by atoms with E-state index in [9.17, 15) is 4.79 Å². The fraction of sp³-hybridized carbons (Fsp3) is 0.667. The van der Waals surface area contributed by atoms with Gasteiger partial charge in [-0.15, -0.1) is 0 Å². The van der Waals surface area contributed by atoms with Gasteiger partial charge in [0.2, 0.25) is 0 Å². The minimum absolute atomic E-state index is 0.641. The van der Waals surface area contributed by atoms with Crippen molar-refractivity contribution in [2.24, 2.45) is 0 Å². The molecule has 0 aliphatic rings. The molecule has 0 aliphatic carbocycles. The Labute approximate surface area is 112 Å². The van der Waals surface area contributed by atoms with Crippen molar-refractivity contribution in [3.8, 4) is 0 Å². The summed E-state index contributed by atoms with van der Waals surface area (Å²) in [6, 6.07) is 0. The van der Waals surface area contributed by atoms with E-state index in [-0.39, 0.29) is 0 Å². The van der Waals surface area contributed by atoms with Crippen molar-refractivity contribution in [2.45, 2.75) is 13.3 Å². The lowest BCUT2D eigenvalue weighted by Gasteiger charge is -2.21. The minimum atomic E-state index is 0.641. The zero-order chi connectivity index (χ0) is 13.4. The third-order valence-electron chi connectivity index (χ3n) is 2.54. The number of aryl methyl sites for hydroxylation is 1. The Morgan fingerprint density at radius 3 is 2.56 bits per heavy atom. The molecule has 1 aromatic heterocycles. The van der Waals surface area contributed by atoms with Crippen LogP contribution >= 0.6 is 11.3 Å². The van der Waals surface area contributed by atoms with Crippen LogP contribution in [0, 0.1) is 6.92 Å². The maximum atomic E-state index is 10.8. The summed E-state index contributed by atoms with van der Waals surface area (Å²) in [5.41, 5.74) is 0.791. The van der Waals surface area contributed by atoms with E-state index in [0.29, 0.717) is 18.1 Å². The minimum Gasteiger partial charge on any atom is -0.385 e. The third kappa shape index (κ3) is 4.36.